The number of aliphatic hydroxyl groups excluding tert-OH is 1. The highest BCUT2D eigenvalue weighted by Crippen LogP contribution is 2.38. The van der Waals surface area contributed by atoms with Crippen molar-refractivity contribution < 1.29 is 28.6 Å². The Kier molecular flexibility index (Phi) is 4.26. The summed E-state index contributed by atoms with van der Waals surface area (Å²) in [5, 5.41) is 9.64. The molecule has 21 heavy (non-hydrogen) atoms. The summed E-state index contributed by atoms with van der Waals surface area (Å²) < 4.78 is 30.5. The van der Waals surface area contributed by atoms with Crippen LogP contribution in [0.3, 0.4) is 0 Å². The summed E-state index contributed by atoms with van der Waals surface area (Å²) in [5.74, 6) is 0.478. The summed E-state index contributed by atoms with van der Waals surface area (Å²) in [6.07, 6.45) is -4.75. The van der Waals surface area contributed by atoms with Gasteiger partial charge in [0.2, 0.25) is 0 Å². The second-order valence-corrected chi connectivity index (χ2v) is 5.85. The molecule has 2 heterocycles. The Morgan fingerprint density at radius 1 is 1.43 bits per heavy atom. The van der Waals surface area contributed by atoms with E-state index in [1.165, 1.54) is 0 Å². The van der Waals surface area contributed by atoms with Gasteiger partial charge in [0.05, 0.1) is 0 Å². The molecule has 0 aliphatic carbocycles. The van der Waals surface area contributed by atoms with E-state index in [1.54, 1.807) is 0 Å². The van der Waals surface area contributed by atoms with Crippen molar-refractivity contribution in [1.29, 1.82) is 0 Å². The highest BCUT2D eigenvalue weighted by atomic mass is 31.2. The number of nitrogens with one attached hydrogen (secondary N) is 1. The summed E-state index contributed by atoms with van der Waals surface area (Å²) in [7, 11) is -4.48. The molecule has 1 aliphatic heterocycles. The lowest BCUT2D eigenvalue weighted by molar-refractivity contribution is -0.00698. The van der Waals surface area contributed by atoms with E-state index in [9.17, 15) is 23.7 Å². The minimum Gasteiger partial charge on any atom is -0.387 e. The summed E-state index contributed by atoms with van der Waals surface area (Å²) >= 11 is 0. The molecule has 1 aromatic rings. The Balaban J connectivity index is 2.28. The van der Waals surface area contributed by atoms with E-state index in [0.717, 1.165) is 22.9 Å². The van der Waals surface area contributed by atoms with Crippen molar-refractivity contribution in [3.63, 3.8) is 0 Å². The SMILES string of the molecule is O=c1ccn([C@@H]2O[C@H](/C=C/P(=O)(O)O)[C@@H](O)[C@H]2F)c(=O)[nH]1. The number of H-pyrrole nitrogens is 1. The molecule has 1 saturated heterocycles. The van der Waals surface area contributed by atoms with E-state index in [-0.39, 0.29) is 0 Å². The molecule has 11 heteroatoms. The molecule has 0 spiro atoms. The van der Waals surface area contributed by atoms with E-state index in [0.29, 0.717) is 5.82 Å². The second kappa shape index (κ2) is 5.66. The van der Waals surface area contributed by atoms with Gasteiger partial charge in [0, 0.05) is 18.1 Å². The molecule has 4 N–H and O–H groups in total. The third-order valence-corrected chi connectivity index (χ3v) is 3.39. The van der Waals surface area contributed by atoms with Crippen LogP contribution < -0.4 is 11.2 Å². The number of hydrogen-bond acceptors (Lipinski definition) is 5. The van der Waals surface area contributed by atoms with E-state index < -0.39 is 43.5 Å². The maximum atomic E-state index is 14.0. The number of aromatic nitrogens is 2. The van der Waals surface area contributed by atoms with Crippen LogP contribution in [0.4, 0.5) is 4.39 Å². The number of hydrogen-bond donors (Lipinski definition) is 4. The number of aliphatic hydroxyl groups is 1. The highest BCUT2D eigenvalue weighted by molar-refractivity contribution is 7.55. The summed E-state index contributed by atoms with van der Waals surface area (Å²) in [6.45, 7) is 0. The molecular formula is C10H12FN2O7P. The van der Waals surface area contributed by atoms with E-state index >= 15 is 0 Å². The van der Waals surface area contributed by atoms with Crippen LogP contribution in [-0.2, 0) is 9.30 Å². The molecule has 0 radical (unpaired) electrons. The van der Waals surface area contributed by atoms with Crippen molar-refractivity contribution in [3.8, 4) is 0 Å². The fourth-order valence-corrected chi connectivity index (χ4v) is 2.26. The number of ether oxygens (including phenoxy) is 1. The van der Waals surface area contributed by atoms with E-state index in [1.807, 2.05) is 4.98 Å². The number of aromatic amines is 1. The van der Waals surface area contributed by atoms with Crippen LogP contribution in [-0.4, -0.2) is 42.8 Å². The predicted molar refractivity (Wildman–Crippen MR) is 67.3 cm³/mol. The Morgan fingerprint density at radius 2 is 2.10 bits per heavy atom. The van der Waals surface area contributed by atoms with Gasteiger partial charge in [0.1, 0.15) is 12.2 Å². The highest BCUT2D eigenvalue weighted by Gasteiger charge is 2.44. The normalized spacial score (nSPS) is 30.1. The third-order valence-electron chi connectivity index (χ3n) is 2.83. The molecule has 1 aromatic heterocycles. The van der Waals surface area contributed by atoms with Crippen molar-refractivity contribution in [3.05, 3.63) is 45.0 Å². The molecule has 116 valence electrons. The average Bonchev–Trinajstić information content (AvgIpc) is 2.64. The first kappa shape index (κ1) is 15.8. The average molecular weight is 322 g/mol. The third kappa shape index (κ3) is 3.55. The molecular weight excluding hydrogens is 310 g/mol. The van der Waals surface area contributed by atoms with Crippen LogP contribution in [0, 0.1) is 0 Å². The van der Waals surface area contributed by atoms with Crippen LogP contribution in [0.15, 0.2) is 33.7 Å². The van der Waals surface area contributed by atoms with Crippen LogP contribution in [0.1, 0.15) is 6.23 Å². The largest absolute Gasteiger partial charge is 0.387 e. The van der Waals surface area contributed by atoms with Crippen molar-refractivity contribution in [2.24, 2.45) is 0 Å². The number of nitrogens with zero attached hydrogens (tertiary/aromatic N) is 1. The van der Waals surface area contributed by atoms with Crippen LogP contribution >= 0.6 is 7.60 Å². The predicted octanol–water partition coefficient (Wildman–Crippen LogP) is -1.18. The fraction of sp³-hybridized carbons (Fsp3) is 0.400. The lowest BCUT2D eigenvalue weighted by atomic mass is 10.1. The van der Waals surface area contributed by atoms with Gasteiger partial charge in [-0.3, -0.25) is 18.9 Å². The number of alkyl halides is 1. The second-order valence-electron chi connectivity index (χ2n) is 4.37. The number of rotatable bonds is 3. The zero-order valence-corrected chi connectivity index (χ0v) is 11.3. The van der Waals surface area contributed by atoms with Crippen LogP contribution in [0.25, 0.3) is 0 Å². The van der Waals surface area contributed by atoms with Gasteiger partial charge in [-0.2, -0.15) is 0 Å². The lowest BCUT2D eigenvalue weighted by Gasteiger charge is -2.14. The Labute approximate surface area is 116 Å². The summed E-state index contributed by atoms with van der Waals surface area (Å²) in [6, 6.07) is 0.975. The first-order valence-electron chi connectivity index (χ1n) is 5.73. The fourth-order valence-electron chi connectivity index (χ4n) is 1.87. The monoisotopic (exact) mass is 322 g/mol. The Bertz CT molecular complexity index is 708. The zero-order valence-electron chi connectivity index (χ0n) is 10.4. The molecule has 4 atom stereocenters. The molecule has 0 amide bonds. The lowest BCUT2D eigenvalue weighted by Crippen LogP contribution is -2.35. The molecule has 0 aromatic carbocycles. The maximum absolute atomic E-state index is 14.0. The van der Waals surface area contributed by atoms with Gasteiger partial charge in [-0.15, -0.1) is 0 Å². The van der Waals surface area contributed by atoms with Crippen LogP contribution in [0.5, 0.6) is 0 Å². The van der Waals surface area contributed by atoms with Crippen molar-refractivity contribution in [2.45, 2.75) is 24.6 Å². The summed E-state index contributed by atoms with van der Waals surface area (Å²) in [4.78, 5) is 41.7. The minimum absolute atomic E-state index is 0.478. The summed E-state index contributed by atoms with van der Waals surface area (Å²) in [5.41, 5.74) is -1.61. The van der Waals surface area contributed by atoms with Gasteiger partial charge in [0.25, 0.3) is 5.56 Å². The molecule has 0 bridgehead atoms. The quantitative estimate of drug-likeness (QED) is 0.513. The topological polar surface area (TPSA) is 142 Å². The van der Waals surface area contributed by atoms with Crippen molar-refractivity contribution in [1.82, 2.24) is 9.55 Å². The van der Waals surface area contributed by atoms with Gasteiger partial charge in [0.15, 0.2) is 12.4 Å². The van der Waals surface area contributed by atoms with E-state index in [4.69, 9.17) is 14.5 Å². The maximum Gasteiger partial charge on any atom is 0.348 e. The molecule has 1 aliphatic rings. The Hall–Kier alpha value is -1.58. The molecule has 0 saturated carbocycles. The van der Waals surface area contributed by atoms with Gasteiger partial charge >= 0.3 is 13.3 Å². The first-order chi connectivity index (χ1) is 9.69. The molecule has 0 unspecified atom stereocenters. The minimum atomic E-state index is -4.48. The molecule has 9 nitrogen and oxygen atoms in total. The smallest absolute Gasteiger partial charge is 0.348 e. The van der Waals surface area contributed by atoms with Gasteiger partial charge in [-0.1, -0.05) is 0 Å². The van der Waals surface area contributed by atoms with E-state index in [2.05, 4.69) is 0 Å². The first-order valence-corrected chi connectivity index (χ1v) is 7.41. The van der Waals surface area contributed by atoms with Crippen molar-refractivity contribution >= 4 is 7.60 Å². The number of halogens is 1. The van der Waals surface area contributed by atoms with Crippen LogP contribution in [0.2, 0.25) is 0 Å². The zero-order chi connectivity index (χ0) is 15.8. The standard InChI is InChI=1S/C10H12FN2O7P/c11-7-8(15)5(2-4-21(17,18)19)20-9(7)13-3-1-6(14)12-10(13)16/h1-5,7-9,15H,(H,12,14,16)(H2,17,18,19)/b4-2+/t5-,7-,8-,9-/m1/s1. The molecule has 1 fully saturated rings. The van der Waals surface area contributed by atoms with Gasteiger partial charge in [-0.05, 0) is 6.08 Å². The van der Waals surface area contributed by atoms with Gasteiger partial charge in [-0.25, -0.2) is 9.18 Å². The van der Waals surface area contributed by atoms with Gasteiger partial charge < -0.3 is 19.6 Å². The Morgan fingerprint density at radius 3 is 2.67 bits per heavy atom. The molecule has 2 rings (SSSR count). The van der Waals surface area contributed by atoms with Crippen molar-refractivity contribution in [2.75, 3.05) is 0 Å².